The summed E-state index contributed by atoms with van der Waals surface area (Å²) in [5.74, 6) is 0.620. The first kappa shape index (κ1) is 14.1. The third-order valence-electron chi connectivity index (χ3n) is 2.90. The van der Waals surface area contributed by atoms with Gasteiger partial charge in [0.1, 0.15) is 5.82 Å². The van der Waals surface area contributed by atoms with Gasteiger partial charge in [-0.25, -0.2) is 4.39 Å². The van der Waals surface area contributed by atoms with Crippen LogP contribution in [0.4, 0.5) is 4.39 Å². The summed E-state index contributed by atoms with van der Waals surface area (Å²) in [5, 5.41) is 0.438. The highest BCUT2D eigenvalue weighted by atomic mass is 35.5. The first-order chi connectivity index (χ1) is 7.56. The van der Waals surface area contributed by atoms with Gasteiger partial charge >= 0.3 is 0 Å². The van der Waals surface area contributed by atoms with Gasteiger partial charge in [0.15, 0.2) is 0 Å². The van der Waals surface area contributed by atoms with Crippen molar-refractivity contribution >= 4 is 34.8 Å². The molecule has 16 heavy (non-hydrogen) atoms. The lowest BCUT2D eigenvalue weighted by Crippen LogP contribution is -2.27. The Morgan fingerprint density at radius 1 is 1.25 bits per heavy atom. The van der Waals surface area contributed by atoms with E-state index in [9.17, 15) is 4.39 Å². The highest BCUT2D eigenvalue weighted by Crippen LogP contribution is 2.32. The van der Waals surface area contributed by atoms with Gasteiger partial charge in [0.2, 0.25) is 0 Å². The summed E-state index contributed by atoms with van der Waals surface area (Å²) in [6, 6.07) is 4.42. The molecule has 0 nitrogen and oxygen atoms in total. The van der Waals surface area contributed by atoms with E-state index in [0.717, 1.165) is 12.0 Å². The van der Waals surface area contributed by atoms with E-state index in [4.69, 9.17) is 34.8 Å². The van der Waals surface area contributed by atoms with Crippen molar-refractivity contribution in [3.05, 3.63) is 34.6 Å². The normalized spacial score (nSPS) is 11.8. The second-order valence-electron chi connectivity index (χ2n) is 4.03. The Hall–Kier alpha value is 0.0200. The van der Waals surface area contributed by atoms with E-state index in [-0.39, 0.29) is 11.2 Å². The molecule has 1 aromatic carbocycles. The summed E-state index contributed by atoms with van der Waals surface area (Å²) in [4.78, 5) is 0. The molecule has 0 saturated heterocycles. The van der Waals surface area contributed by atoms with Crippen molar-refractivity contribution in [1.82, 2.24) is 0 Å². The fourth-order valence-electron chi connectivity index (χ4n) is 1.51. The van der Waals surface area contributed by atoms with Gasteiger partial charge in [-0.15, -0.1) is 23.2 Å². The van der Waals surface area contributed by atoms with Crippen molar-refractivity contribution in [3.63, 3.8) is 0 Å². The van der Waals surface area contributed by atoms with Gasteiger partial charge in [0.25, 0.3) is 0 Å². The fraction of sp³-hybridized carbons (Fsp3) is 0.500. The maximum atomic E-state index is 12.9. The van der Waals surface area contributed by atoms with E-state index in [2.05, 4.69) is 0 Å². The molecule has 0 aliphatic rings. The molecule has 0 saturated carbocycles. The van der Waals surface area contributed by atoms with Crippen LogP contribution in [0.3, 0.4) is 0 Å². The maximum absolute atomic E-state index is 12.9. The van der Waals surface area contributed by atoms with Crippen LogP contribution < -0.4 is 0 Å². The predicted molar refractivity (Wildman–Crippen MR) is 69.3 cm³/mol. The lowest BCUT2D eigenvalue weighted by molar-refractivity contribution is 0.362. The maximum Gasteiger partial charge on any atom is 0.124 e. The van der Waals surface area contributed by atoms with E-state index in [0.29, 0.717) is 23.2 Å². The molecule has 0 unspecified atom stereocenters. The van der Waals surface area contributed by atoms with Crippen LogP contribution in [0.2, 0.25) is 5.02 Å². The Kier molecular flexibility index (Phi) is 5.36. The van der Waals surface area contributed by atoms with E-state index in [1.165, 1.54) is 12.1 Å². The molecule has 0 N–H and O–H groups in total. The van der Waals surface area contributed by atoms with Crippen molar-refractivity contribution in [2.45, 2.75) is 19.8 Å². The number of hydrogen-bond donors (Lipinski definition) is 0. The first-order valence-electron chi connectivity index (χ1n) is 5.13. The average molecular weight is 284 g/mol. The zero-order valence-corrected chi connectivity index (χ0v) is 11.3. The van der Waals surface area contributed by atoms with E-state index in [1.54, 1.807) is 6.07 Å². The van der Waals surface area contributed by atoms with Gasteiger partial charge in [-0.2, -0.15) is 0 Å². The Morgan fingerprint density at radius 2 is 1.88 bits per heavy atom. The molecular formula is C12H14Cl3F. The molecule has 0 atom stereocenters. The summed E-state index contributed by atoms with van der Waals surface area (Å²) in [6.07, 6.45) is 1.54. The second-order valence-corrected chi connectivity index (χ2v) is 4.98. The Labute approximate surface area is 111 Å². The quantitative estimate of drug-likeness (QED) is 0.675. The van der Waals surface area contributed by atoms with Crippen LogP contribution in [0.25, 0.3) is 0 Å². The van der Waals surface area contributed by atoms with Gasteiger partial charge in [0, 0.05) is 22.2 Å². The molecule has 0 aromatic heterocycles. The third-order valence-corrected chi connectivity index (χ3v) is 4.38. The van der Waals surface area contributed by atoms with Gasteiger partial charge in [-0.3, -0.25) is 0 Å². The molecule has 0 aliphatic heterocycles. The first-order valence-corrected chi connectivity index (χ1v) is 6.57. The largest absolute Gasteiger partial charge is 0.207 e. The molecule has 90 valence electrons. The Bertz CT molecular complexity index is 340. The van der Waals surface area contributed by atoms with Crippen molar-refractivity contribution in [2.24, 2.45) is 5.41 Å². The van der Waals surface area contributed by atoms with Crippen molar-refractivity contribution in [2.75, 3.05) is 11.8 Å². The average Bonchev–Trinajstić information content (AvgIpc) is 2.29. The zero-order valence-electron chi connectivity index (χ0n) is 9.07. The topological polar surface area (TPSA) is 0 Å². The highest BCUT2D eigenvalue weighted by molar-refractivity contribution is 6.31. The molecule has 4 heteroatoms. The van der Waals surface area contributed by atoms with Crippen molar-refractivity contribution in [1.29, 1.82) is 0 Å². The SMILES string of the molecule is CCC(CCl)(CCl)Cc1ccc(F)cc1Cl. The number of halogens is 4. The lowest BCUT2D eigenvalue weighted by atomic mass is 9.83. The molecule has 0 bridgehead atoms. The molecule has 0 fully saturated rings. The van der Waals surface area contributed by atoms with Crippen molar-refractivity contribution < 1.29 is 4.39 Å². The number of alkyl halides is 2. The van der Waals surface area contributed by atoms with E-state index < -0.39 is 0 Å². The van der Waals surface area contributed by atoms with Crippen LogP contribution in [-0.2, 0) is 6.42 Å². The van der Waals surface area contributed by atoms with Gasteiger partial charge in [-0.05, 0) is 30.5 Å². The molecule has 0 amide bonds. The highest BCUT2D eigenvalue weighted by Gasteiger charge is 2.27. The van der Waals surface area contributed by atoms with Gasteiger partial charge < -0.3 is 0 Å². The summed E-state index contributed by atoms with van der Waals surface area (Å²) in [7, 11) is 0. The molecular weight excluding hydrogens is 269 g/mol. The molecule has 0 aliphatic carbocycles. The van der Waals surface area contributed by atoms with Gasteiger partial charge in [0.05, 0.1) is 0 Å². The Morgan fingerprint density at radius 3 is 2.31 bits per heavy atom. The number of hydrogen-bond acceptors (Lipinski definition) is 0. The minimum absolute atomic E-state index is 0.162. The molecule has 1 rings (SSSR count). The predicted octanol–water partition coefficient (Wildman–Crippen LogP) is 4.90. The molecule has 0 spiro atoms. The van der Waals surface area contributed by atoms with Crippen LogP contribution in [0.5, 0.6) is 0 Å². The number of rotatable bonds is 5. The molecule has 1 aromatic rings. The minimum Gasteiger partial charge on any atom is -0.207 e. The summed E-state index contributed by atoms with van der Waals surface area (Å²) >= 11 is 17.9. The zero-order chi connectivity index (χ0) is 12.2. The van der Waals surface area contributed by atoms with Crippen LogP contribution in [0.1, 0.15) is 18.9 Å². The third kappa shape index (κ3) is 3.26. The van der Waals surface area contributed by atoms with Crippen LogP contribution in [-0.4, -0.2) is 11.8 Å². The summed E-state index contributed by atoms with van der Waals surface area (Å²) < 4.78 is 12.9. The van der Waals surface area contributed by atoms with Crippen LogP contribution >= 0.6 is 34.8 Å². The summed E-state index contributed by atoms with van der Waals surface area (Å²) in [5.41, 5.74) is 0.733. The smallest absolute Gasteiger partial charge is 0.124 e. The monoisotopic (exact) mass is 282 g/mol. The fourth-order valence-corrected chi connectivity index (χ4v) is 2.60. The minimum atomic E-state index is -0.326. The Balaban J connectivity index is 2.93. The second kappa shape index (κ2) is 6.09. The molecule has 0 radical (unpaired) electrons. The standard InChI is InChI=1S/C12H14Cl3F/c1-2-12(7-13,8-14)6-9-3-4-10(16)5-11(9)15/h3-5H,2,6-8H2,1H3. The van der Waals surface area contributed by atoms with Crippen molar-refractivity contribution in [3.8, 4) is 0 Å². The molecule has 0 heterocycles. The lowest BCUT2D eigenvalue weighted by Gasteiger charge is -2.28. The van der Waals surface area contributed by atoms with Gasteiger partial charge in [-0.1, -0.05) is 24.6 Å². The summed E-state index contributed by atoms with van der Waals surface area (Å²) in [6.45, 7) is 2.04. The van der Waals surface area contributed by atoms with E-state index >= 15 is 0 Å². The van der Waals surface area contributed by atoms with Crippen LogP contribution in [0.15, 0.2) is 18.2 Å². The number of benzene rings is 1. The van der Waals surface area contributed by atoms with E-state index in [1.807, 2.05) is 6.92 Å². The van der Waals surface area contributed by atoms with Crippen LogP contribution in [0, 0.1) is 11.2 Å².